The third-order valence-electron chi connectivity index (χ3n) is 4.65. The maximum atomic E-state index is 5.46. The molecule has 0 radical (unpaired) electrons. The third-order valence-corrected chi connectivity index (χ3v) is 5.98. The number of benzene rings is 3. The second kappa shape index (κ2) is 11.5. The van der Waals surface area contributed by atoms with Crippen LogP contribution in [0.1, 0.15) is 18.4 Å². The highest BCUT2D eigenvalue weighted by molar-refractivity contribution is 7.98. The second-order valence-corrected chi connectivity index (χ2v) is 8.53. The van der Waals surface area contributed by atoms with Gasteiger partial charge in [0.2, 0.25) is 11.7 Å². The fourth-order valence-electron chi connectivity index (χ4n) is 3.01. The molecule has 0 saturated carbocycles. The summed E-state index contributed by atoms with van der Waals surface area (Å²) in [5.74, 6) is 2.71. The first kappa shape index (κ1) is 22.8. The number of nitrogens with one attached hydrogen (secondary N) is 2. The first-order chi connectivity index (χ1) is 16.2. The van der Waals surface area contributed by atoms with Gasteiger partial charge in [-0.05, 0) is 73.2 Å². The number of thioether (sulfide) groups is 1. The zero-order valence-electron chi connectivity index (χ0n) is 18.2. The first-order valence-corrected chi connectivity index (χ1v) is 12.0. The van der Waals surface area contributed by atoms with Gasteiger partial charge in [-0.1, -0.05) is 35.5 Å². The zero-order chi connectivity index (χ0) is 22.9. The summed E-state index contributed by atoms with van der Waals surface area (Å²) in [6.45, 7) is 2.91. The molecule has 0 aliphatic heterocycles. The predicted octanol–water partition coefficient (Wildman–Crippen LogP) is 5.91. The van der Waals surface area contributed by atoms with Crippen LogP contribution in [0.5, 0.6) is 5.75 Å². The molecule has 3 aromatic carbocycles. The van der Waals surface area contributed by atoms with Gasteiger partial charge in [-0.3, -0.25) is 0 Å². The highest BCUT2D eigenvalue weighted by Gasteiger charge is 2.09. The number of ether oxygens (including phenoxy) is 1. The molecule has 168 valence electrons. The lowest BCUT2D eigenvalue weighted by Crippen LogP contribution is -2.28. The van der Waals surface area contributed by atoms with Gasteiger partial charge in [-0.2, -0.15) is 4.98 Å². The Kier molecular flexibility index (Phi) is 7.94. The Morgan fingerprint density at radius 3 is 2.48 bits per heavy atom. The minimum absolute atomic E-state index is 0.335. The molecule has 2 N–H and O–H groups in total. The Bertz CT molecular complexity index is 1160. The minimum atomic E-state index is 0.335. The van der Waals surface area contributed by atoms with Crippen molar-refractivity contribution in [2.75, 3.05) is 11.9 Å². The van der Waals surface area contributed by atoms with E-state index in [-0.39, 0.29) is 0 Å². The van der Waals surface area contributed by atoms with Crippen molar-refractivity contribution in [1.29, 1.82) is 0 Å². The summed E-state index contributed by atoms with van der Waals surface area (Å²) < 4.78 is 10.8. The van der Waals surface area contributed by atoms with Gasteiger partial charge in [0, 0.05) is 21.9 Å². The summed E-state index contributed by atoms with van der Waals surface area (Å²) in [6.07, 6.45) is 0. The van der Waals surface area contributed by atoms with Crippen LogP contribution in [-0.2, 0) is 12.3 Å². The molecular formula is C25H24N4O2S2. The molecule has 6 nitrogen and oxygen atoms in total. The van der Waals surface area contributed by atoms with E-state index in [1.54, 1.807) is 0 Å². The zero-order valence-corrected chi connectivity index (χ0v) is 19.8. The van der Waals surface area contributed by atoms with Crippen LogP contribution in [-0.4, -0.2) is 21.9 Å². The molecule has 4 rings (SSSR count). The maximum absolute atomic E-state index is 5.46. The van der Waals surface area contributed by atoms with E-state index >= 15 is 0 Å². The quantitative estimate of drug-likeness (QED) is 0.228. The average Bonchev–Trinajstić information content (AvgIpc) is 3.33. The van der Waals surface area contributed by atoms with E-state index < -0.39 is 0 Å². The fourth-order valence-corrected chi connectivity index (χ4v) is 4.08. The van der Waals surface area contributed by atoms with Gasteiger partial charge in [0.15, 0.2) is 5.11 Å². The Labute approximate surface area is 202 Å². The van der Waals surface area contributed by atoms with E-state index in [9.17, 15) is 0 Å². The van der Waals surface area contributed by atoms with Crippen LogP contribution >= 0.6 is 24.0 Å². The standard InChI is InChI=1S/C25H24N4O2S2/c1-2-30-21-14-10-19(11-15-21)24-28-23(31-29-24)16-26-25(32)27-20-12-8-18(9-13-20)17-33-22-6-4-3-5-7-22/h3-15H,2,16-17H2,1H3,(H2,26,27,32). The summed E-state index contributed by atoms with van der Waals surface area (Å²) in [4.78, 5) is 5.68. The van der Waals surface area contributed by atoms with Gasteiger partial charge >= 0.3 is 0 Å². The number of rotatable bonds is 9. The average molecular weight is 477 g/mol. The van der Waals surface area contributed by atoms with Gasteiger partial charge in [-0.15, -0.1) is 11.8 Å². The van der Waals surface area contributed by atoms with E-state index in [2.05, 4.69) is 57.2 Å². The van der Waals surface area contributed by atoms with Crippen molar-refractivity contribution in [2.24, 2.45) is 0 Å². The number of hydrogen-bond donors (Lipinski definition) is 2. The molecule has 0 amide bonds. The van der Waals surface area contributed by atoms with E-state index in [0.29, 0.717) is 30.0 Å². The number of thiocarbonyl (C=S) groups is 1. The Hall–Kier alpha value is -3.36. The topological polar surface area (TPSA) is 72.2 Å². The van der Waals surface area contributed by atoms with Crippen molar-refractivity contribution < 1.29 is 9.26 Å². The normalized spacial score (nSPS) is 10.6. The van der Waals surface area contributed by atoms with Crippen molar-refractivity contribution in [1.82, 2.24) is 15.5 Å². The monoisotopic (exact) mass is 476 g/mol. The van der Waals surface area contributed by atoms with Crippen LogP contribution < -0.4 is 15.4 Å². The highest BCUT2D eigenvalue weighted by atomic mass is 32.2. The van der Waals surface area contributed by atoms with Gasteiger partial charge in [0.1, 0.15) is 5.75 Å². The highest BCUT2D eigenvalue weighted by Crippen LogP contribution is 2.23. The van der Waals surface area contributed by atoms with E-state index in [0.717, 1.165) is 22.8 Å². The molecule has 4 aromatic rings. The second-order valence-electron chi connectivity index (χ2n) is 7.08. The molecule has 0 aliphatic rings. The molecule has 1 heterocycles. The van der Waals surface area contributed by atoms with Crippen LogP contribution in [0.15, 0.2) is 88.3 Å². The third kappa shape index (κ3) is 6.81. The van der Waals surface area contributed by atoms with Gasteiger partial charge in [-0.25, -0.2) is 0 Å². The van der Waals surface area contributed by atoms with Gasteiger partial charge in [0.25, 0.3) is 0 Å². The molecule has 0 aliphatic carbocycles. The number of nitrogens with zero attached hydrogens (tertiary/aromatic N) is 2. The summed E-state index contributed by atoms with van der Waals surface area (Å²) in [5.41, 5.74) is 3.03. The van der Waals surface area contributed by atoms with Crippen molar-refractivity contribution in [3.63, 3.8) is 0 Å². The lowest BCUT2D eigenvalue weighted by atomic mass is 10.2. The molecule has 33 heavy (non-hydrogen) atoms. The van der Waals surface area contributed by atoms with E-state index in [1.165, 1.54) is 10.5 Å². The fraction of sp³-hybridized carbons (Fsp3) is 0.160. The number of anilines is 1. The van der Waals surface area contributed by atoms with Crippen molar-refractivity contribution in [2.45, 2.75) is 24.1 Å². The molecule has 0 fully saturated rings. The molecule has 0 saturated heterocycles. The van der Waals surface area contributed by atoms with Gasteiger partial charge < -0.3 is 19.9 Å². The minimum Gasteiger partial charge on any atom is -0.494 e. The first-order valence-electron chi connectivity index (χ1n) is 10.6. The largest absolute Gasteiger partial charge is 0.494 e. The van der Waals surface area contributed by atoms with Crippen molar-refractivity contribution in [3.05, 3.63) is 90.3 Å². The van der Waals surface area contributed by atoms with Crippen LogP contribution in [0.25, 0.3) is 11.4 Å². The summed E-state index contributed by atoms with van der Waals surface area (Å²) in [5, 5.41) is 10.8. The molecule has 8 heteroatoms. The number of hydrogen-bond acceptors (Lipinski definition) is 6. The summed E-state index contributed by atoms with van der Waals surface area (Å²) in [7, 11) is 0. The summed E-state index contributed by atoms with van der Waals surface area (Å²) in [6, 6.07) is 26.2. The molecule has 0 atom stereocenters. The van der Waals surface area contributed by atoms with Crippen LogP contribution in [0.4, 0.5) is 5.69 Å². The Morgan fingerprint density at radius 2 is 1.76 bits per heavy atom. The van der Waals surface area contributed by atoms with Crippen LogP contribution in [0.3, 0.4) is 0 Å². The lowest BCUT2D eigenvalue weighted by molar-refractivity contribution is 0.340. The molecule has 0 bridgehead atoms. The van der Waals surface area contributed by atoms with Crippen LogP contribution in [0, 0.1) is 0 Å². The molecule has 0 unspecified atom stereocenters. The lowest BCUT2D eigenvalue weighted by Gasteiger charge is -2.09. The molecule has 0 spiro atoms. The van der Waals surface area contributed by atoms with Gasteiger partial charge in [0.05, 0.1) is 13.2 Å². The Balaban J connectivity index is 1.24. The maximum Gasteiger partial charge on any atom is 0.246 e. The number of aromatic nitrogens is 2. The van der Waals surface area contributed by atoms with Crippen molar-refractivity contribution in [3.8, 4) is 17.1 Å². The Morgan fingerprint density at radius 1 is 1.00 bits per heavy atom. The summed E-state index contributed by atoms with van der Waals surface area (Å²) >= 11 is 7.21. The molecule has 1 aromatic heterocycles. The van der Waals surface area contributed by atoms with Crippen LogP contribution in [0.2, 0.25) is 0 Å². The van der Waals surface area contributed by atoms with Crippen molar-refractivity contribution >= 4 is 34.8 Å². The SMILES string of the molecule is CCOc1ccc(-c2noc(CNC(=S)Nc3ccc(CSc4ccccc4)cc3)n2)cc1. The molecular weight excluding hydrogens is 452 g/mol. The predicted molar refractivity (Wildman–Crippen MR) is 136 cm³/mol. The van der Waals surface area contributed by atoms with E-state index in [1.807, 2.05) is 61.2 Å². The smallest absolute Gasteiger partial charge is 0.246 e. The van der Waals surface area contributed by atoms with E-state index in [4.69, 9.17) is 21.5 Å².